The van der Waals surface area contributed by atoms with Crippen LogP contribution in [-0.2, 0) is 4.79 Å². The minimum atomic E-state index is -1.11. The second-order valence-corrected chi connectivity index (χ2v) is 4.96. The van der Waals surface area contributed by atoms with E-state index in [0.717, 1.165) is 25.0 Å². The van der Waals surface area contributed by atoms with Crippen LogP contribution in [0.3, 0.4) is 0 Å². The summed E-state index contributed by atoms with van der Waals surface area (Å²) >= 11 is 0. The number of benzene rings is 1. The van der Waals surface area contributed by atoms with Gasteiger partial charge in [0.1, 0.15) is 5.82 Å². The molecule has 5 heteroatoms. The van der Waals surface area contributed by atoms with Crippen molar-refractivity contribution in [2.45, 2.75) is 32.7 Å². The van der Waals surface area contributed by atoms with Crippen molar-refractivity contribution in [3.63, 3.8) is 0 Å². The van der Waals surface area contributed by atoms with Gasteiger partial charge in [0.2, 0.25) is 0 Å². The molecule has 21 heavy (non-hydrogen) atoms. The van der Waals surface area contributed by atoms with E-state index in [1.54, 1.807) is 7.05 Å². The van der Waals surface area contributed by atoms with E-state index in [-0.39, 0.29) is 17.5 Å². The molecule has 1 aromatic rings. The molecule has 0 heterocycles. The fourth-order valence-corrected chi connectivity index (χ4v) is 1.98. The number of carboxylic acid groups (broad SMARTS) is 1. The zero-order chi connectivity index (χ0) is 16.0. The van der Waals surface area contributed by atoms with E-state index in [4.69, 9.17) is 5.11 Å². The summed E-state index contributed by atoms with van der Waals surface area (Å²) in [6, 6.07) is 4.10. The molecule has 1 unspecified atom stereocenters. The highest BCUT2D eigenvalue weighted by molar-refractivity contribution is 5.95. The Hall–Kier alpha value is -2.17. The van der Waals surface area contributed by atoms with Crippen LogP contribution in [0.25, 0.3) is 6.08 Å². The third-order valence-electron chi connectivity index (χ3n) is 3.33. The summed E-state index contributed by atoms with van der Waals surface area (Å²) in [5.74, 6) is -2.13. The van der Waals surface area contributed by atoms with E-state index >= 15 is 0 Å². The molecule has 4 nitrogen and oxygen atoms in total. The number of hydrogen-bond acceptors (Lipinski definition) is 2. The fourth-order valence-electron chi connectivity index (χ4n) is 1.98. The van der Waals surface area contributed by atoms with Crippen molar-refractivity contribution in [3.05, 3.63) is 41.2 Å². The van der Waals surface area contributed by atoms with Crippen molar-refractivity contribution in [2.24, 2.45) is 0 Å². The Labute approximate surface area is 123 Å². The number of amides is 1. The molecule has 1 rings (SSSR count). The fraction of sp³-hybridized carbons (Fsp3) is 0.375. The van der Waals surface area contributed by atoms with Crippen molar-refractivity contribution in [2.75, 3.05) is 7.05 Å². The predicted molar refractivity (Wildman–Crippen MR) is 79.5 cm³/mol. The van der Waals surface area contributed by atoms with Crippen LogP contribution in [0.1, 0.15) is 42.6 Å². The topological polar surface area (TPSA) is 57.6 Å². The van der Waals surface area contributed by atoms with Crippen LogP contribution < -0.4 is 0 Å². The molecule has 0 saturated carbocycles. The molecular weight excluding hydrogens is 273 g/mol. The number of rotatable bonds is 6. The second-order valence-electron chi connectivity index (χ2n) is 4.96. The molecule has 1 N–H and O–H groups in total. The maximum Gasteiger partial charge on any atom is 0.328 e. The van der Waals surface area contributed by atoms with Gasteiger partial charge in [-0.1, -0.05) is 19.4 Å². The molecule has 0 aliphatic carbocycles. The summed E-state index contributed by atoms with van der Waals surface area (Å²) in [5, 5.41) is 8.53. The van der Waals surface area contributed by atoms with Gasteiger partial charge < -0.3 is 10.0 Å². The minimum Gasteiger partial charge on any atom is -0.478 e. The molecule has 0 aromatic heterocycles. The highest BCUT2D eigenvalue weighted by Gasteiger charge is 2.19. The average molecular weight is 293 g/mol. The van der Waals surface area contributed by atoms with Crippen LogP contribution in [0.4, 0.5) is 4.39 Å². The summed E-state index contributed by atoms with van der Waals surface area (Å²) in [6.07, 6.45) is 4.00. The number of nitrogens with zero attached hydrogens (tertiary/aromatic N) is 1. The third-order valence-corrected chi connectivity index (χ3v) is 3.33. The summed E-state index contributed by atoms with van der Waals surface area (Å²) in [6.45, 7) is 3.95. The number of carbonyl (C=O) groups excluding carboxylic acids is 1. The highest BCUT2D eigenvalue weighted by Crippen LogP contribution is 2.16. The van der Waals surface area contributed by atoms with Gasteiger partial charge in [-0.3, -0.25) is 4.79 Å². The lowest BCUT2D eigenvalue weighted by Crippen LogP contribution is -2.35. The maximum absolute atomic E-state index is 14.0. The predicted octanol–water partition coefficient (Wildman–Crippen LogP) is 3.18. The zero-order valence-corrected chi connectivity index (χ0v) is 12.5. The maximum atomic E-state index is 14.0. The molecule has 1 amide bonds. The first kappa shape index (κ1) is 16.9. The largest absolute Gasteiger partial charge is 0.478 e. The molecular formula is C16H20FNO3. The van der Waals surface area contributed by atoms with Crippen LogP contribution in [-0.4, -0.2) is 35.0 Å². The van der Waals surface area contributed by atoms with Gasteiger partial charge in [0, 0.05) is 19.2 Å². The van der Waals surface area contributed by atoms with Gasteiger partial charge in [-0.25, -0.2) is 9.18 Å². The molecule has 0 bridgehead atoms. The summed E-state index contributed by atoms with van der Waals surface area (Å²) in [5.41, 5.74) is 0.392. The lowest BCUT2D eigenvalue weighted by atomic mass is 10.1. The molecule has 0 saturated heterocycles. The zero-order valence-electron chi connectivity index (χ0n) is 12.5. The van der Waals surface area contributed by atoms with Crippen LogP contribution >= 0.6 is 0 Å². The monoisotopic (exact) mass is 293 g/mol. The third kappa shape index (κ3) is 4.70. The van der Waals surface area contributed by atoms with Gasteiger partial charge in [0.05, 0.1) is 5.56 Å². The van der Waals surface area contributed by atoms with E-state index in [9.17, 15) is 14.0 Å². The molecule has 0 radical (unpaired) electrons. The van der Waals surface area contributed by atoms with E-state index in [1.165, 1.54) is 23.1 Å². The van der Waals surface area contributed by atoms with Crippen molar-refractivity contribution in [3.8, 4) is 0 Å². The second kappa shape index (κ2) is 7.57. The van der Waals surface area contributed by atoms with Crippen molar-refractivity contribution >= 4 is 18.0 Å². The van der Waals surface area contributed by atoms with Crippen LogP contribution in [0.15, 0.2) is 24.3 Å². The van der Waals surface area contributed by atoms with E-state index in [1.807, 2.05) is 13.8 Å². The van der Waals surface area contributed by atoms with Gasteiger partial charge in [-0.2, -0.15) is 0 Å². The first-order valence-electron chi connectivity index (χ1n) is 6.84. The van der Waals surface area contributed by atoms with Gasteiger partial charge in [-0.05, 0) is 37.1 Å². The minimum absolute atomic E-state index is 0.00655. The van der Waals surface area contributed by atoms with Crippen LogP contribution in [0, 0.1) is 5.82 Å². The van der Waals surface area contributed by atoms with E-state index in [0.29, 0.717) is 5.56 Å². The quantitative estimate of drug-likeness (QED) is 0.819. The Balaban J connectivity index is 2.94. The number of carbonyl (C=O) groups is 2. The van der Waals surface area contributed by atoms with Crippen molar-refractivity contribution in [1.82, 2.24) is 4.90 Å². The first-order chi connectivity index (χ1) is 9.86. The normalized spacial score (nSPS) is 12.4. The Morgan fingerprint density at radius 3 is 2.62 bits per heavy atom. The Morgan fingerprint density at radius 2 is 2.10 bits per heavy atom. The number of halogens is 1. The lowest BCUT2D eigenvalue weighted by Gasteiger charge is -2.24. The average Bonchev–Trinajstić information content (AvgIpc) is 2.44. The van der Waals surface area contributed by atoms with Gasteiger partial charge in [-0.15, -0.1) is 0 Å². The Bertz CT molecular complexity index is 554. The molecule has 1 aromatic carbocycles. The summed E-state index contributed by atoms with van der Waals surface area (Å²) < 4.78 is 14.0. The molecule has 0 aliphatic heterocycles. The molecule has 0 fully saturated rings. The standard InChI is InChI=1S/C16H20FNO3/c1-4-5-11(2)18(3)16(21)13-8-6-12(10-14(13)17)7-9-15(19)20/h6-11H,4-5H2,1-3H3,(H,19,20). The van der Waals surface area contributed by atoms with Gasteiger partial charge in [0.25, 0.3) is 5.91 Å². The van der Waals surface area contributed by atoms with Crippen molar-refractivity contribution in [1.29, 1.82) is 0 Å². The first-order valence-corrected chi connectivity index (χ1v) is 6.84. The number of hydrogen-bond donors (Lipinski definition) is 1. The molecule has 0 aliphatic rings. The molecule has 1 atom stereocenters. The highest BCUT2D eigenvalue weighted by atomic mass is 19.1. The van der Waals surface area contributed by atoms with E-state index < -0.39 is 11.8 Å². The summed E-state index contributed by atoms with van der Waals surface area (Å²) in [7, 11) is 1.65. The smallest absolute Gasteiger partial charge is 0.328 e. The number of carboxylic acids is 1. The van der Waals surface area contributed by atoms with E-state index in [2.05, 4.69) is 0 Å². The number of aliphatic carboxylic acids is 1. The van der Waals surface area contributed by atoms with Crippen molar-refractivity contribution < 1.29 is 19.1 Å². The Morgan fingerprint density at radius 1 is 1.43 bits per heavy atom. The SMILES string of the molecule is CCCC(C)N(C)C(=O)c1ccc(C=CC(=O)O)cc1F. The van der Waals surface area contributed by atoms with Gasteiger partial charge >= 0.3 is 5.97 Å². The van der Waals surface area contributed by atoms with Crippen LogP contribution in [0.5, 0.6) is 0 Å². The Kier molecular flexibility index (Phi) is 6.09. The lowest BCUT2D eigenvalue weighted by molar-refractivity contribution is -0.131. The van der Waals surface area contributed by atoms with Gasteiger partial charge in [0.15, 0.2) is 0 Å². The van der Waals surface area contributed by atoms with Crippen LogP contribution in [0.2, 0.25) is 0 Å². The molecule has 114 valence electrons. The summed E-state index contributed by atoms with van der Waals surface area (Å²) in [4.78, 5) is 24.2. The molecule has 0 spiro atoms.